The summed E-state index contributed by atoms with van der Waals surface area (Å²) < 4.78 is 10.2. The Labute approximate surface area is 168 Å². The molecule has 25 heavy (non-hydrogen) atoms. The van der Waals surface area contributed by atoms with Crippen LogP contribution >= 0.6 is 58.0 Å². The van der Waals surface area contributed by atoms with E-state index in [1.165, 1.54) is 37.3 Å². The highest BCUT2D eigenvalue weighted by molar-refractivity contribution is 6.40. The van der Waals surface area contributed by atoms with Gasteiger partial charge in [-0.15, -0.1) is 0 Å². The molecule has 0 spiro atoms. The summed E-state index contributed by atoms with van der Waals surface area (Å²) in [5, 5.41) is 0.855. The Hall–Kier alpha value is -1.17. The molecule has 2 aromatic rings. The zero-order valence-corrected chi connectivity index (χ0v) is 16.3. The Morgan fingerprint density at radius 2 is 1.32 bits per heavy atom. The van der Waals surface area contributed by atoms with E-state index in [0.29, 0.717) is 5.02 Å². The average Bonchev–Trinajstić information content (AvgIpc) is 2.52. The third-order valence-corrected chi connectivity index (χ3v) is 4.29. The fourth-order valence-electron chi connectivity index (χ4n) is 1.67. The van der Waals surface area contributed by atoms with Crippen LogP contribution < -0.4 is 9.47 Å². The van der Waals surface area contributed by atoms with Crippen molar-refractivity contribution in [3.63, 3.8) is 0 Å². The summed E-state index contributed by atoms with van der Waals surface area (Å²) in [6.45, 7) is 1.31. The van der Waals surface area contributed by atoms with Crippen LogP contribution in [0.1, 0.15) is 6.92 Å². The van der Waals surface area contributed by atoms with Crippen molar-refractivity contribution in [3.05, 3.63) is 55.4 Å². The summed E-state index contributed by atoms with van der Waals surface area (Å²) >= 11 is 29.3. The zero-order valence-electron chi connectivity index (χ0n) is 12.5. The quantitative estimate of drug-likeness (QED) is 0.326. The SMILES string of the molecule is CC(C(=O)Oc1ccc(Cl)cc1Cl)C(=O)Oc1c(Cl)cc(Cl)cc1Cl. The maximum Gasteiger partial charge on any atom is 0.325 e. The van der Waals surface area contributed by atoms with E-state index in [2.05, 4.69) is 0 Å². The lowest BCUT2D eigenvalue weighted by Crippen LogP contribution is -2.29. The van der Waals surface area contributed by atoms with Gasteiger partial charge in [-0.25, -0.2) is 0 Å². The van der Waals surface area contributed by atoms with Crippen LogP contribution in [-0.4, -0.2) is 11.9 Å². The highest BCUT2D eigenvalue weighted by Gasteiger charge is 2.28. The lowest BCUT2D eigenvalue weighted by atomic mass is 10.2. The fraction of sp³-hybridized carbons (Fsp3) is 0.125. The van der Waals surface area contributed by atoms with Gasteiger partial charge in [-0.05, 0) is 37.3 Å². The number of hydrogen-bond donors (Lipinski definition) is 0. The predicted molar refractivity (Wildman–Crippen MR) is 98.4 cm³/mol. The van der Waals surface area contributed by atoms with Crippen LogP contribution in [0.5, 0.6) is 11.5 Å². The Morgan fingerprint density at radius 3 is 1.88 bits per heavy atom. The standard InChI is InChI=1S/C16H9Cl5O4/c1-7(15(22)24-13-3-2-8(17)4-10(13)19)16(23)25-14-11(20)5-9(18)6-12(14)21/h2-7H,1H3. The first-order valence-corrected chi connectivity index (χ1v) is 8.61. The number of carbonyl (C=O) groups is 2. The number of halogens is 5. The Kier molecular flexibility index (Phi) is 6.83. The van der Waals surface area contributed by atoms with Crippen molar-refractivity contribution in [1.82, 2.24) is 0 Å². The molecule has 0 aliphatic carbocycles. The van der Waals surface area contributed by atoms with Gasteiger partial charge >= 0.3 is 11.9 Å². The normalized spacial score (nSPS) is 11.8. The van der Waals surface area contributed by atoms with E-state index in [1.807, 2.05) is 0 Å². The van der Waals surface area contributed by atoms with Gasteiger partial charge in [0, 0.05) is 10.0 Å². The second-order valence-electron chi connectivity index (χ2n) is 4.84. The second kappa shape index (κ2) is 8.47. The van der Waals surface area contributed by atoms with Gasteiger partial charge < -0.3 is 9.47 Å². The van der Waals surface area contributed by atoms with Crippen molar-refractivity contribution in [2.24, 2.45) is 5.92 Å². The Balaban J connectivity index is 2.10. The molecular formula is C16H9Cl5O4. The Bertz CT molecular complexity index is 814. The average molecular weight is 443 g/mol. The first kappa shape index (κ1) is 20.1. The molecular weight excluding hydrogens is 433 g/mol. The van der Waals surface area contributed by atoms with Crippen LogP contribution in [0.15, 0.2) is 30.3 Å². The van der Waals surface area contributed by atoms with Crippen molar-refractivity contribution in [3.8, 4) is 11.5 Å². The van der Waals surface area contributed by atoms with E-state index < -0.39 is 17.9 Å². The van der Waals surface area contributed by atoms with Crippen molar-refractivity contribution in [1.29, 1.82) is 0 Å². The summed E-state index contributed by atoms with van der Waals surface area (Å²) in [7, 11) is 0. The van der Waals surface area contributed by atoms with Crippen molar-refractivity contribution >= 4 is 69.9 Å². The summed E-state index contributed by atoms with van der Waals surface area (Å²) in [4.78, 5) is 24.2. The smallest absolute Gasteiger partial charge is 0.325 e. The largest absolute Gasteiger partial charge is 0.424 e. The first-order chi connectivity index (χ1) is 11.7. The van der Waals surface area contributed by atoms with Crippen molar-refractivity contribution in [2.45, 2.75) is 6.92 Å². The van der Waals surface area contributed by atoms with E-state index in [-0.39, 0.29) is 31.6 Å². The maximum atomic E-state index is 12.1. The van der Waals surface area contributed by atoms with Gasteiger partial charge in [0.05, 0.1) is 15.1 Å². The molecule has 0 radical (unpaired) electrons. The summed E-state index contributed by atoms with van der Waals surface area (Å²) in [6, 6.07) is 7.02. The molecule has 0 aliphatic heterocycles. The van der Waals surface area contributed by atoms with Crippen LogP contribution in [0.2, 0.25) is 25.1 Å². The van der Waals surface area contributed by atoms with Crippen LogP contribution in [0.3, 0.4) is 0 Å². The molecule has 0 amide bonds. The third kappa shape index (κ3) is 5.16. The summed E-state index contributed by atoms with van der Waals surface area (Å²) in [6.07, 6.45) is 0. The van der Waals surface area contributed by atoms with E-state index >= 15 is 0 Å². The van der Waals surface area contributed by atoms with Gasteiger partial charge in [-0.3, -0.25) is 9.59 Å². The molecule has 2 rings (SSSR count). The van der Waals surface area contributed by atoms with E-state index in [4.69, 9.17) is 67.5 Å². The minimum absolute atomic E-state index is 0.0344. The van der Waals surface area contributed by atoms with E-state index in [1.54, 1.807) is 0 Å². The number of hydrogen-bond acceptors (Lipinski definition) is 4. The molecule has 0 fully saturated rings. The molecule has 0 N–H and O–H groups in total. The Morgan fingerprint density at radius 1 is 0.800 bits per heavy atom. The monoisotopic (exact) mass is 440 g/mol. The van der Waals surface area contributed by atoms with Gasteiger partial charge in [0.1, 0.15) is 5.75 Å². The van der Waals surface area contributed by atoms with Gasteiger partial charge in [-0.2, -0.15) is 0 Å². The number of rotatable bonds is 4. The third-order valence-electron chi connectivity index (χ3n) is 2.98. The minimum Gasteiger partial charge on any atom is -0.424 e. The molecule has 0 saturated carbocycles. The predicted octanol–water partition coefficient (Wildman–Crippen LogP) is 6.10. The molecule has 1 atom stereocenters. The lowest BCUT2D eigenvalue weighted by Gasteiger charge is -2.13. The van der Waals surface area contributed by atoms with Gasteiger partial charge in [0.2, 0.25) is 0 Å². The zero-order chi connectivity index (χ0) is 18.7. The van der Waals surface area contributed by atoms with Crippen LogP contribution in [0, 0.1) is 5.92 Å². The molecule has 0 heterocycles. The molecule has 4 nitrogen and oxygen atoms in total. The van der Waals surface area contributed by atoms with Crippen LogP contribution in [0.25, 0.3) is 0 Å². The highest BCUT2D eigenvalue weighted by atomic mass is 35.5. The molecule has 132 valence electrons. The second-order valence-corrected chi connectivity index (χ2v) is 6.93. The molecule has 0 aliphatic rings. The number of benzene rings is 2. The van der Waals surface area contributed by atoms with Gasteiger partial charge in [0.25, 0.3) is 0 Å². The number of carbonyl (C=O) groups excluding carboxylic acids is 2. The topological polar surface area (TPSA) is 52.6 Å². The minimum atomic E-state index is -1.26. The van der Waals surface area contributed by atoms with E-state index in [0.717, 1.165) is 0 Å². The molecule has 0 saturated heterocycles. The fourth-order valence-corrected chi connectivity index (χ4v) is 3.01. The van der Waals surface area contributed by atoms with Gasteiger partial charge in [0.15, 0.2) is 11.7 Å². The lowest BCUT2D eigenvalue weighted by molar-refractivity contribution is -0.150. The molecule has 9 heteroatoms. The first-order valence-electron chi connectivity index (χ1n) is 6.72. The van der Waals surface area contributed by atoms with Crippen molar-refractivity contribution < 1.29 is 19.1 Å². The summed E-state index contributed by atoms with van der Waals surface area (Å²) in [5.41, 5.74) is 0. The molecule has 0 aromatic heterocycles. The van der Waals surface area contributed by atoms with Gasteiger partial charge in [-0.1, -0.05) is 58.0 Å². The molecule has 1 unspecified atom stereocenters. The van der Waals surface area contributed by atoms with Crippen LogP contribution in [-0.2, 0) is 9.59 Å². The number of esters is 2. The van der Waals surface area contributed by atoms with E-state index in [9.17, 15) is 9.59 Å². The molecule has 2 aromatic carbocycles. The molecule has 0 bridgehead atoms. The highest BCUT2D eigenvalue weighted by Crippen LogP contribution is 2.36. The summed E-state index contributed by atoms with van der Waals surface area (Å²) in [5.74, 6) is -3.05. The maximum absolute atomic E-state index is 12.1. The van der Waals surface area contributed by atoms with Crippen LogP contribution in [0.4, 0.5) is 0 Å². The van der Waals surface area contributed by atoms with Crippen molar-refractivity contribution in [2.75, 3.05) is 0 Å². The number of ether oxygens (including phenoxy) is 2.